The van der Waals surface area contributed by atoms with Gasteiger partial charge in [-0.3, -0.25) is 0 Å². The summed E-state index contributed by atoms with van der Waals surface area (Å²) in [7, 11) is 0. The Morgan fingerprint density at radius 1 is 0.875 bits per heavy atom. The van der Waals surface area contributed by atoms with E-state index < -0.39 is 0 Å². The van der Waals surface area contributed by atoms with E-state index in [-0.39, 0.29) is 24.4 Å². The van der Waals surface area contributed by atoms with E-state index in [0.717, 1.165) is 13.0 Å². The van der Waals surface area contributed by atoms with Gasteiger partial charge in [-0.1, -0.05) is 89.0 Å². The zero-order chi connectivity index (χ0) is 16.9. The lowest BCUT2D eigenvalue weighted by Crippen LogP contribution is -3.00. The average Bonchev–Trinajstić information content (AvgIpc) is 2.56. The Morgan fingerprint density at radius 3 is 1.83 bits per heavy atom. The maximum Gasteiger partial charge on any atom is 0.0997 e. The maximum atomic E-state index is 10.1. The first-order valence-corrected chi connectivity index (χ1v) is 9.75. The van der Waals surface area contributed by atoms with Gasteiger partial charge in [-0.2, -0.15) is 0 Å². The molecule has 3 heteroatoms. The standard InChI is InChI=1S/C21H37NO.ClH/c1-3-4-5-6-7-8-9-10-11-12-21(18(2)23)20-15-13-19(17-22)14-16-20;/h13-16,18,21,23H,3-12,17,22H2,1-2H3;1H. The van der Waals surface area contributed by atoms with E-state index in [0.29, 0.717) is 0 Å². The number of quaternary nitrogens is 1. The number of aliphatic hydroxyl groups excluding tert-OH is 1. The summed E-state index contributed by atoms with van der Waals surface area (Å²) in [5.41, 5.74) is 6.46. The summed E-state index contributed by atoms with van der Waals surface area (Å²) in [5, 5.41) is 10.1. The highest BCUT2D eigenvalue weighted by Crippen LogP contribution is 2.26. The van der Waals surface area contributed by atoms with Gasteiger partial charge >= 0.3 is 0 Å². The zero-order valence-electron chi connectivity index (χ0n) is 15.8. The fraction of sp³-hybridized carbons (Fsp3) is 0.714. The Bertz CT molecular complexity index is 391. The molecule has 0 saturated heterocycles. The molecule has 0 heterocycles. The van der Waals surface area contributed by atoms with Crippen molar-refractivity contribution in [2.45, 2.75) is 96.6 Å². The van der Waals surface area contributed by atoms with E-state index in [1.165, 1.54) is 68.9 Å². The van der Waals surface area contributed by atoms with Crippen molar-refractivity contribution < 1.29 is 23.2 Å². The number of unbranched alkanes of at least 4 members (excludes halogenated alkanes) is 8. The van der Waals surface area contributed by atoms with Gasteiger partial charge < -0.3 is 23.2 Å². The van der Waals surface area contributed by atoms with Gasteiger partial charge in [-0.15, -0.1) is 0 Å². The van der Waals surface area contributed by atoms with E-state index >= 15 is 0 Å². The van der Waals surface area contributed by atoms with Crippen molar-refractivity contribution in [2.24, 2.45) is 0 Å². The number of hydrogen-bond donors (Lipinski definition) is 2. The minimum absolute atomic E-state index is 0. The Morgan fingerprint density at radius 2 is 1.38 bits per heavy atom. The Kier molecular flexibility index (Phi) is 14.4. The Labute approximate surface area is 155 Å². The lowest BCUT2D eigenvalue weighted by atomic mass is 9.88. The van der Waals surface area contributed by atoms with Crippen molar-refractivity contribution >= 4 is 0 Å². The van der Waals surface area contributed by atoms with E-state index in [2.05, 4.69) is 36.9 Å². The molecule has 0 aliphatic rings. The molecule has 0 fully saturated rings. The smallest absolute Gasteiger partial charge is 0.0997 e. The van der Waals surface area contributed by atoms with Gasteiger partial charge in [0.1, 0.15) is 0 Å². The highest BCUT2D eigenvalue weighted by Gasteiger charge is 2.16. The first-order valence-electron chi connectivity index (χ1n) is 9.75. The second-order valence-corrected chi connectivity index (χ2v) is 6.96. The van der Waals surface area contributed by atoms with E-state index in [1.54, 1.807) is 0 Å². The lowest BCUT2D eigenvalue weighted by Gasteiger charge is -2.20. The monoisotopic (exact) mass is 355 g/mol. The Balaban J connectivity index is 0.00000529. The van der Waals surface area contributed by atoms with Gasteiger partial charge in [0.15, 0.2) is 0 Å². The second-order valence-electron chi connectivity index (χ2n) is 6.96. The van der Waals surface area contributed by atoms with Crippen LogP contribution in [0.1, 0.15) is 95.1 Å². The van der Waals surface area contributed by atoms with Gasteiger partial charge in [0.25, 0.3) is 0 Å². The summed E-state index contributed by atoms with van der Waals surface area (Å²) in [6, 6.07) is 8.64. The first-order chi connectivity index (χ1) is 11.2. The molecule has 0 aromatic heterocycles. The second kappa shape index (κ2) is 14.7. The van der Waals surface area contributed by atoms with Crippen LogP contribution < -0.4 is 18.1 Å². The fourth-order valence-corrected chi connectivity index (χ4v) is 3.29. The van der Waals surface area contributed by atoms with Crippen LogP contribution in [0.4, 0.5) is 0 Å². The third-order valence-corrected chi connectivity index (χ3v) is 4.90. The highest BCUT2D eigenvalue weighted by molar-refractivity contribution is 5.25. The predicted octanol–water partition coefficient (Wildman–Crippen LogP) is 1.82. The summed E-state index contributed by atoms with van der Waals surface area (Å²) in [5.74, 6) is 0.276. The van der Waals surface area contributed by atoms with Crippen molar-refractivity contribution in [3.05, 3.63) is 35.4 Å². The van der Waals surface area contributed by atoms with Crippen molar-refractivity contribution in [1.82, 2.24) is 0 Å². The fourth-order valence-electron chi connectivity index (χ4n) is 3.29. The average molecular weight is 356 g/mol. The molecule has 0 amide bonds. The molecule has 0 radical (unpaired) electrons. The summed E-state index contributed by atoms with van der Waals surface area (Å²) in [6.45, 7) is 5.02. The minimum Gasteiger partial charge on any atom is -1.00 e. The van der Waals surface area contributed by atoms with Gasteiger partial charge in [0, 0.05) is 11.5 Å². The number of halogens is 1. The summed E-state index contributed by atoms with van der Waals surface area (Å²) in [6.07, 6.45) is 13.0. The van der Waals surface area contributed by atoms with Crippen molar-refractivity contribution in [3.63, 3.8) is 0 Å². The van der Waals surface area contributed by atoms with Crippen LogP contribution in [0.2, 0.25) is 0 Å². The molecular weight excluding hydrogens is 318 g/mol. The quantitative estimate of drug-likeness (QED) is 0.521. The molecule has 24 heavy (non-hydrogen) atoms. The summed E-state index contributed by atoms with van der Waals surface area (Å²) in [4.78, 5) is 0. The third-order valence-electron chi connectivity index (χ3n) is 4.90. The van der Waals surface area contributed by atoms with Crippen molar-refractivity contribution in [1.29, 1.82) is 0 Å². The molecule has 1 aromatic rings. The van der Waals surface area contributed by atoms with Crippen LogP contribution >= 0.6 is 0 Å². The molecule has 0 aliphatic heterocycles. The first kappa shape index (κ1) is 23.4. The predicted molar refractivity (Wildman–Crippen MR) is 99.3 cm³/mol. The molecule has 140 valence electrons. The van der Waals surface area contributed by atoms with Crippen LogP contribution in [0, 0.1) is 0 Å². The molecule has 0 aliphatic carbocycles. The molecular formula is C21H38ClNO. The van der Waals surface area contributed by atoms with Crippen molar-refractivity contribution in [3.8, 4) is 0 Å². The highest BCUT2D eigenvalue weighted by atomic mass is 35.5. The normalized spacial score (nSPS) is 13.3. The molecule has 2 nitrogen and oxygen atoms in total. The number of benzene rings is 1. The maximum absolute atomic E-state index is 10.1. The van der Waals surface area contributed by atoms with Crippen LogP contribution in [-0.2, 0) is 6.54 Å². The van der Waals surface area contributed by atoms with Crippen molar-refractivity contribution in [2.75, 3.05) is 0 Å². The molecule has 2 unspecified atom stereocenters. The van der Waals surface area contributed by atoms with Crippen LogP contribution in [0.25, 0.3) is 0 Å². The van der Waals surface area contributed by atoms with Gasteiger partial charge in [0.2, 0.25) is 0 Å². The summed E-state index contributed by atoms with van der Waals surface area (Å²) >= 11 is 0. The molecule has 4 N–H and O–H groups in total. The lowest BCUT2D eigenvalue weighted by molar-refractivity contribution is -0.386. The molecule has 1 rings (SSSR count). The third kappa shape index (κ3) is 9.66. The largest absolute Gasteiger partial charge is 1.00 e. The van der Waals surface area contributed by atoms with E-state index in [9.17, 15) is 5.11 Å². The number of rotatable bonds is 13. The zero-order valence-corrected chi connectivity index (χ0v) is 16.5. The molecule has 0 saturated carbocycles. The van der Waals surface area contributed by atoms with E-state index in [1.807, 2.05) is 6.92 Å². The minimum atomic E-state index is -0.269. The number of aliphatic hydroxyl groups is 1. The van der Waals surface area contributed by atoms with Crippen LogP contribution in [0.15, 0.2) is 24.3 Å². The molecule has 1 aromatic carbocycles. The summed E-state index contributed by atoms with van der Waals surface area (Å²) < 4.78 is 0. The molecule has 0 spiro atoms. The van der Waals surface area contributed by atoms with Gasteiger partial charge in [0.05, 0.1) is 12.6 Å². The van der Waals surface area contributed by atoms with Gasteiger partial charge in [-0.25, -0.2) is 0 Å². The molecule has 2 atom stereocenters. The number of hydrogen-bond acceptors (Lipinski definition) is 1. The van der Waals surface area contributed by atoms with E-state index in [4.69, 9.17) is 0 Å². The SMILES string of the molecule is CCCCCCCCCCCC(c1ccc(C[NH3+])cc1)C(C)O.[Cl-]. The Hall–Kier alpha value is -0.570. The molecule has 0 bridgehead atoms. The van der Waals surface area contributed by atoms with Crippen LogP contribution in [0.5, 0.6) is 0 Å². The topological polar surface area (TPSA) is 47.9 Å². The van der Waals surface area contributed by atoms with Crippen LogP contribution in [-0.4, -0.2) is 11.2 Å². The van der Waals surface area contributed by atoms with Crippen LogP contribution in [0.3, 0.4) is 0 Å². The van der Waals surface area contributed by atoms with Gasteiger partial charge in [-0.05, 0) is 18.9 Å².